The van der Waals surface area contributed by atoms with Crippen molar-refractivity contribution < 1.29 is 19.1 Å². The summed E-state index contributed by atoms with van der Waals surface area (Å²) < 4.78 is 5.23. The van der Waals surface area contributed by atoms with E-state index in [1.54, 1.807) is 18.5 Å². The molecule has 0 spiro atoms. The van der Waals surface area contributed by atoms with Crippen LogP contribution in [0.1, 0.15) is 65.2 Å². The van der Waals surface area contributed by atoms with Crippen LogP contribution in [0.5, 0.6) is 0 Å². The molecule has 0 aliphatic carbocycles. The third kappa shape index (κ3) is 11.4. The van der Waals surface area contributed by atoms with E-state index in [2.05, 4.69) is 24.2 Å². The molecule has 0 aromatic carbocycles. The first kappa shape index (κ1) is 29.3. The van der Waals surface area contributed by atoms with E-state index in [4.69, 9.17) is 22.8 Å². The quantitative estimate of drug-likeness (QED) is 0.115. The normalized spacial score (nSPS) is 17.2. The number of allylic oxidation sites excluding steroid dienone is 3. The fraction of sp³-hybridized carbons (Fsp3) is 0.519. The third-order valence-corrected chi connectivity index (χ3v) is 5.85. The number of carbonyl (C=O) groups is 3. The number of rotatable bonds is 15. The summed E-state index contributed by atoms with van der Waals surface area (Å²) in [5.74, 6) is 2.63. The number of carbonyl (C=O) groups excluding carboxylic acids is 3. The molecule has 0 fully saturated rings. The zero-order chi connectivity index (χ0) is 25.3. The Bertz CT molecular complexity index is 851. The molecule has 6 nitrogen and oxygen atoms in total. The van der Waals surface area contributed by atoms with Gasteiger partial charge in [0.1, 0.15) is 5.76 Å². The number of unbranched alkanes of at least 4 members (excludes halogenated alkanes) is 1. The molecule has 0 saturated carbocycles. The monoisotopic (exact) mass is 488 g/mol. The first-order chi connectivity index (χ1) is 16.3. The fourth-order valence-electron chi connectivity index (χ4n) is 3.46. The zero-order valence-electron chi connectivity index (χ0n) is 20.5. The fourth-order valence-corrected chi connectivity index (χ4v) is 3.67. The van der Waals surface area contributed by atoms with Gasteiger partial charge in [0.25, 0.3) is 11.8 Å². The summed E-state index contributed by atoms with van der Waals surface area (Å²) >= 11 is 5.91. The van der Waals surface area contributed by atoms with Gasteiger partial charge >= 0.3 is 0 Å². The van der Waals surface area contributed by atoms with Crippen LogP contribution in [0, 0.1) is 18.3 Å². The second-order valence-corrected chi connectivity index (χ2v) is 8.59. The highest BCUT2D eigenvalue weighted by molar-refractivity contribution is 6.25. The van der Waals surface area contributed by atoms with Gasteiger partial charge in [0.15, 0.2) is 0 Å². The Hall–Kier alpha value is -2.78. The molecule has 1 aliphatic rings. The van der Waals surface area contributed by atoms with Gasteiger partial charge in [0.05, 0.1) is 13.2 Å². The molecular weight excluding hydrogens is 452 g/mol. The molecule has 1 aliphatic heterocycles. The standard InChI is InChI=1S/C27H37ClN2O4/c1-5-6-7-11-23(20-28)15-13-21(2)10-8-9-12-25(31)29-18-17-24(34-4)19-27(33)30-22(3)14-16-26(30)32/h1,8,10,14,16,19-22H,6-7,9,11-13,15,17-18H2,2-4H3,(H,29,31)/b10-8+,23-20+,24-19+/t21?,22-/m0/s1. The highest BCUT2D eigenvalue weighted by atomic mass is 35.5. The van der Waals surface area contributed by atoms with Gasteiger partial charge in [-0.25, -0.2) is 0 Å². The highest BCUT2D eigenvalue weighted by Crippen LogP contribution is 2.19. The van der Waals surface area contributed by atoms with Crippen LogP contribution in [-0.4, -0.2) is 42.3 Å². The maximum Gasteiger partial charge on any atom is 0.257 e. The number of amides is 3. The molecule has 0 bridgehead atoms. The smallest absolute Gasteiger partial charge is 0.257 e. The van der Waals surface area contributed by atoms with Gasteiger partial charge in [-0.2, -0.15) is 0 Å². The minimum Gasteiger partial charge on any atom is -0.501 e. The first-order valence-corrected chi connectivity index (χ1v) is 12.2. The first-order valence-electron chi connectivity index (χ1n) is 11.8. The Morgan fingerprint density at radius 2 is 2.09 bits per heavy atom. The number of methoxy groups -OCH3 is 1. The molecule has 2 atom stereocenters. The van der Waals surface area contributed by atoms with Crippen molar-refractivity contribution in [3.8, 4) is 12.3 Å². The van der Waals surface area contributed by atoms with E-state index >= 15 is 0 Å². The summed E-state index contributed by atoms with van der Waals surface area (Å²) in [7, 11) is 1.46. The second-order valence-electron chi connectivity index (χ2n) is 8.37. The maximum absolute atomic E-state index is 12.3. The van der Waals surface area contributed by atoms with E-state index in [1.807, 2.05) is 6.08 Å². The van der Waals surface area contributed by atoms with Crippen molar-refractivity contribution in [1.82, 2.24) is 10.2 Å². The van der Waals surface area contributed by atoms with E-state index in [9.17, 15) is 14.4 Å². The largest absolute Gasteiger partial charge is 0.501 e. The highest BCUT2D eigenvalue weighted by Gasteiger charge is 2.27. The molecular formula is C27H37ClN2O4. The average Bonchev–Trinajstić information content (AvgIpc) is 3.16. The van der Waals surface area contributed by atoms with Crippen molar-refractivity contribution in [2.45, 2.75) is 71.3 Å². The van der Waals surface area contributed by atoms with E-state index in [0.29, 0.717) is 37.5 Å². The summed E-state index contributed by atoms with van der Waals surface area (Å²) in [5, 5.41) is 2.83. The number of nitrogens with one attached hydrogen (secondary N) is 1. The lowest BCUT2D eigenvalue weighted by molar-refractivity contribution is -0.139. The van der Waals surface area contributed by atoms with Crippen LogP contribution >= 0.6 is 11.6 Å². The summed E-state index contributed by atoms with van der Waals surface area (Å²) in [4.78, 5) is 37.3. The summed E-state index contributed by atoms with van der Waals surface area (Å²) in [6.45, 7) is 4.27. The molecule has 34 heavy (non-hydrogen) atoms. The Labute approximate surface area is 209 Å². The number of terminal acetylenes is 1. The van der Waals surface area contributed by atoms with Gasteiger partial charge in [0, 0.05) is 43.5 Å². The van der Waals surface area contributed by atoms with E-state index in [-0.39, 0.29) is 17.9 Å². The number of ether oxygens (including phenoxy) is 1. The van der Waals surface area contributed by atoms with Crippen molar-refractivity contribution in [2.75, 3.05) is 13.7 Å². The van der Waals surface area contributed by atoms with Crippen molar-refractivity contribution in [1.29, 1.82) is 0 Å². The van der Waals surface area contributed by atoms with Crippen molar-refractivity contribution in [2.24, 2.45) is 5.92 Å². The minimum absolute atomic E-state index is 0.0625. The van der Waals surface area contributed by atoms with Gasteiger partial charge in [0.2, 0.25) is 5.91 Å². The summed E-state index contributed by atoms with van der Waals surface area (Å²) in [6.07, 6.45) is 19.8. The Morgan fingerprint density at radius 3 is 2.71 bits per heavy atom. The predicted octanol–water partition coefficient (Wildman–Crippen LogP) is 5.02. The van der Waals surface area contributed by atoms with Gasteiger partial charge in [-0.3, -0.25) is 19.3 Å². The topological polar surface area (TPSA) is 75.7 Å². The van der Waals surface area contributed by atoms with Crippen LogP contribution in [0.15, 0.2) is 47.2 Å². The maximum atomic E-state index is 12.3. The molecule has 3 amide bonds. The van der Waals surface area contributed by atoms with Gasteiger partial charge < -0.3 is 10.1 Å². The van der Waals surface area contributed by atoms with Crippen molar-refractivity contribution in [3.63, 3.8) is 0 Å². The number of nitrogens with zero attached hydrogens (tertiary/aromatic N) is 1. The lowest BCUT2D eigenvalue weighted by atomic mass is 9.98. The molecule has 0 aromatic heterocycles. The van der Waals surface area contributed by atoms with E-state index < -0.39 is 5.91 Å². The molecule has 0 aromatic rings. The number of hydrogen-bond acceptors (Lipinski definition) is 4. The molecule has 1 unspecified atom stereocenters. The van der Waals surface area contributed by atoms with Crippen LogP contribution in [0.2, 0.25) is 0 Å². The zero-order valence-corrected chi connectivity index (χ0v) is 21.3. The van der Waals surface area contributed by atoms with Crippen LogP contribution in [0.25, 0.3) is 0 Å². The third-order valence-electron chi connectivity index (χ3n) is 5.54. The molecule has 186 valence electrons. The molecule has 1 heterocycles. The van der Waals surface area contributed by atoms with Gasteiger partial charge in [-0.15, -0.1) is 12.3 Å². The van der Waals surface area contributed by atoms with Gasteiger partial charge in [-0.05, 0) is 44.9 Å². The van der Waals surface area contributed by atoms with E-state index in [1.165, 1.54) is 24.8 Å². The number of imide groups is 1. The average molecular weight is 489 g/mol. The van der Waals surface area contributed by atoms with Crippen LogP contribution in [0.4, 0.5) is 0 Å². The molecule has 1 N–H and O–H groups in total. The van der Waals surface area contributed by atoms with Gasteiger partial charge in [-0.1, -0.05) is 42.3 Å². The molecule has 1 rings (SSSR count). The predicted molar refractivity (Wildman–Crippen MR) is 137 cm³/mol. The van der Waals surface area contributed by atoms with Crippen LogP contribution < -0.4 is 5.32 Å². The molecule has 0 radical (unpaired) electrons. The summed E-state index contributed by atoms with van der Waals surface area (Å²) in [5.41, 5.74) is 2.89. The summed E-state index contributed by atoms with van der Waals surface area (Å²) in [6, 6.07) is -0.275. The number of hydrogen-bond donors (Lipinski definition) is 1. The number of halogens is 1. The molecule has 7 heteroatoms. The Kier molecular flexibility index (Phi) is 14.4. The minimum atomic E-state index is -0.425. The Morgan fingerprint density at radius 1 is 1.32 bits per heavy atom. The SMILES string of the molecule is C#CCCC/C(=C\Cl)CCC(C)/C=C/CCC(=O)NCC/C(=C\C(=O)N1C(=O)C=C[C@@H]1C)OC. The van der Waals surface area contributed by atoms with Crippen LogP contribution in [-0.2, 0) is 19.1 Å². The van der Waals surface area contributed by atoms with Crippen LogP contribution in [0.3, 0.4) is 0 Å². The van der Waals surface area contributed by atoms with Crippen molar-refractivity contribution in [3.05, 3.63) is 47.2 Å². The van der Waals surface area contributed by atoms with Crippen molar-refractivity contribution >= 4 is 29.3 Å². The molecule has 0 saturated heterocycles. The lowest BCUT2D eigenvalue weighted by Crippen LogP contribution is -2.37. The van der Waals surface area contributed by atoms with E-state index in [0.717, 1.165) is 37.0 Å². The lowest BCUT2D eigenvalue weighted by Gasteiger charge is -2.18. The Balaban J connectivity index is 2.28. The second kappa shape index (κ2) is 16.8.